The molecule has 0 aliphatic rings. The number of nitrogens with zero attached hydrogens (tertiary/aromatic N) is 2. The number of aromatic nitrogens is 2. The number of hydrogen-bond donors (Lipinski definition) is 2. The van der Waals surface area contributed by atoms with Gasteiger partial charge in [0.1, 0.15) is 0 Å². The van der Waals surface area contributed by atoms with Crippen LogP contribution in [-0.4, -0.2) is 47.7 Å². The monoisotopic (exact) mass is 398 g/mol. The molecule has 0 aliphatic heterocycles. The second-order valence-corrected chi connectivity index (χ2v) is 7.95. The van der Waals surface area contributed by atoms with Crippen molar-refractivity contribution in [2.75, 3.05) is 20.6 Å². The first kappa shape index (κ1) is 20.4. The number of hydrogen-bond acceptors (Lipinski definition) is 3. The summed E-state index contributed by atoms with van der Waals surface area (Å²) < 4.78 is 0. The van der Waals surface area contributed by atoms with E-state index in [1.165, 1.54) is 5.56 Å². The Bertz CT molecular complexity index is 923. The van der Waals surface area contributed by atoms with E-state index in [0.29, 0.717) is 18.0 Å². The van der Waals surface area contributed by atoms with E-state index in [0.717, 1.165) is 22.9 Å². The lowest BCUT2D eigenvalue weighted by Gasteiger charge is -2.25. The zero-order valence-corrected chi connectivity index (χ0v) is 17.3. The highest BCUT2D eigenvalue weighted by molar-refractivity contribution is 6.32. The molecule has 1 aromatic heterocycles. The number of carbonyl (C=O) groups excluding carboxylic acids is 1. The van der Waals surface area contributed by atoms with Crippen molar-refractivity contribution in [2.24, 2.45) is 0 Å². The van der Waals surface area contributed by atoms with Crippen LogP contribution >= 0.6 is 11.6 Å². The molecular weight excluding hydrogens is 372 g/mol. The van der Waals surface area contributed by atoms with Crippen LogP contribution in [0.2, 0.25) is 5.02 Å². The Hall–Kier alpha value is -2.37. The molecule has 0 fully saturated rings. The fourth-order valence-corrected chi connectivity index (χ4v) is 3.58. The average Bonchev–Trinajstić information content (AvgIpc) is 3.12. The molecule has 0 saturated heterocycles. The molecule has 3 rings (SSSR count). The smallest absolute Gasteiger partial charge is 0.220 e. The summed E-state index contributed by atoms with van der Waals surface area (Å²) in [5, 5.41) is 11.8. The quantitative estimate of drug-likeness (QED) is 0.603. The topological polar surface area (TPSA) is 61.0 Å². The van der Waals surface area contributed by atoms with Gasteiger partial charge in [0.2, 0.25) is 5.91 Å². The van der Waals surface area contributed by atoms with Crippen LogP contribution in [0.3, 0.4) is 0 Å². The average molecular weight is 399 g/mol. The molecule has 2 N–H and O–H groups in total. The van der Waals surface area contributed by atoms with Gasteiger partial charge in [0, 0.05) is 29.4 Å². The van der Waals surface area contributed by atoms with E-state index in [1.807, 2.05) is 38.4 Å². The van der Waals surface area contributed by atoms with Gasteiger partial charge in [0.25, 0.3) is 0 Å². The predicted octanol–water partition coefficient (Wildman–Crippen LogP) is 4.00. The zero-order valence-electron chi connectivity index (χ0n) is 16.6. The zero-order chi connectivity index (χ0) is 20.1. The Labute approximate surface area is 171 Å². The third-order valence-electron chi connectivity index (χ3n) is 5.19. The van der Waals surface area contributed by atoms with Gasteiger partial charge < -0.3 is 10.2 Å². The molecule has 1 amide bonds. The third kappa shape index (κ3) is 5.12. The van der Waals surface area contributed by atoms with Crippen molar-refractivity contribution in [3.05, 3.63) is 64.8 Å². The fraction of sp³-hybridized carbons (Fsp3) is 0.364. The standard InChI is InChI=1S/C22H27ClN4O/c1-15(16-7-5-4-6-8-16)9-22(28)24-14-19(27(2)3)11-17-10-18-13-25-26-21(18)12-20(17)23/h4-8,10,12-13,15,19H,9,11,14H2,1-3H3,(H,24,28)(H,25,26)/t15-,19-/m0/s1. The number of fused-ring (bicyclic) bond motifs is 1. The number of rotatable bonds is 8. The van der Waals surface area contributed by atoms with Gasteiger partial charge in [-0.2, -0.15) is 5.10 Å². The summed E-state index contributed by atoms with van der Waals surface area (Å²) in [6, 6.07) is 14.3. The lowest BCUT2D eigenvalue weighted by atomic mass is 9.97. The minimum Gasteiger partial charge on any atom is -0.355 e. The van der Waals surface area contributed by atoms with Crippen LogP contribution in [0.15, 0.2) is 48.7 Å². The summed E-state index contributed by atoms with van der Waals surface area (Å²) in [5.41, 5.74) is 3.17. The molecule has 2 aromatic carbocycles. The van der Waals surface area contributed by atoms with Crippen molar-refractivity contribution in [1.82, 2.24) is 20.4 Å². The number of H-pyrrole nitrogens is 1. The highest BCUT2D eigenvalue weighted by Gasteiger charge is 2.17. The number of carbonyl (C=O) groups is 1. The molecule has 5 nitrogen and oxygen atoms in total. The van der Waals surface area contributed by atoms with Crippen LogP contribution < -0.4 is 5.32 Å². The molecule has 0 unspecified atom stereocenters. The van der Waals surface area contributed by atoms with Crippen molar-refractivity contribution in [3.63, 3.8) is 0 Å². The summed E-state index contributed by atoms with van der Waals surface area (Å²) in [7, 11) is 4.04. The molecule has 0 spiro atoms. The molecule has 1 heterocycles. The van der Waals surface area contributed by atoms with Crippen molar-refractivity contribution in [2.45, 2.75) is 31.7 Å². The van der Waals surface area contributed by atoms with Crippen LogP contribution in [0.25, 0.3) is 10.9 Å². The maximum Gasteiger partial charge on any atom is 0.220 e. The second-order valence-electron chi connectivity index (χ2n) is 7.54. The van der Waals surface area contributed by atoms with Gasteiger partial charge in [-0.15, -0.1) is 0 Å². The maximum absolute atomic E-state index is 12.4. The van der Waals surface area contributed by atoms with Crippen LogP contribution in [0.1, 0.15) is 30.4 Å². The van der Waals surface area contributed by atoms with Gasteiger partial charge in [-0.05, 0) is 49.7 Å². The van der Waals surface area contributed by atoms with E-state index in [1.54, 1.807) is 6.20 Å². The van der Waals surface area contributed by atoms with Crippen LogP contribution in [-0.2, 0) is 11.2 Å². The van der Waals surface area contributed by atoms with E-state index >= 15 is 0 Å². The Balaban J connectivity index is 1.59. The summed E-state index contributed by atoms with van der Waals surface area (Å²) in [6.07, 6.45) is 3.03. The SMILES string of the molecule is C[C@@H](CC(=O)NC[C@H](Cc1cc2cn[nH]c2cc1Cl)N(C)C)c1ccccc1. The summed E-state index contributed by atoms with van der Waals surface area (Å²) in [5.74, 6) is 0.261. The second kappa shape index (κ2) is 9.22. The number of aromatic amines is 1. The number of likely N-dealkylation sites (N-methyl/N-ethyl adjacent to an activating group) is 1. The van der Waals surface area contributed by atoms with E-state index in [9.17, 15) is 4.79 Å². The molecule has 0 aliphatic carbocycles. The lowest BCUT2D eigenvalue weighted by Crippen LogP contribution is -2.41. The summed E-state index contributed by atoms with van der Waals surface area (Å²) in [6.45, 7) is 2.66. The molecule has 148 valence electrons. The molecule has 0 bridgehead atoms. The first-order valence-electron chi connectivity index (χ1n) is 9.53. The molecule has 6 heteroatoms. The van der Waals surface area contributed by atoms with Gasteiger partial charge in [-0.3, -0.25) is 9.89 Å². The van der Waals surface area contributed by atoms with Crippen molar-refractivity contribution in [3.8, 4) is 0 Å². The van der Waals surface area contributed by atoms with Crippen molar-refractivity contribution < 1.29 is 4.79 Å². The predicted molar refractivity (Wildman–Crippen MR) is 115 cm³/mol. The molecule has 0 radical (unpaired) electrons. The number of halogens is 1. The van der Waals surface area contributed by atoms with Crippen LogP contribution in [0.4, 0.5) is 0 Å². The van der Waals surface area contributed by atoms with Gasteiger partial charge in [-0.25, -0.2) is 0 Å². The Morgan fingerprint density at radius 1 is 1.25 bits per heavy atom. The van der Waals surface area contributed by atoms with Crippen molar-refractivity contribution in [1.29, 1.82) is 0 Å². The Morgan fingerprint density at radius 2 is 2.00 bits per heavy atom. The largest absolute Gasteiger partial charge is 0.355 e. The number of nitrogens with one attached hydrogen (secondary N) is 2. The number of benzene rings is 2. The lowest BCUT2D eigenvalue weighted by molar-refractivity contribution is -0.121. The molecule has 28 heavy (non-hydrogen) atoms. The maximum atomic E-state index is 12.4. The van der Waals surface area contributed by atoms with Crippen molar-refractivity contribution >= 4 is 28.4 Å². The first-order chi connectivity index (χ1) is 13.4. The van der Waals surface area contributed by atoms with Crippen LogP contribution in [0.5, 0.6) is 0 Å². The normalized spacial score (nSPS) is 13.6. The minimum atomic E-state index is 0.0691. The van der Waals surface area contributed by atoms with Crippen LogP contribution in [0, 0.1) is 0 Å². The van der Waals surface area contributed by atoms with E-state index in [4.69, 9.17) is 11.6 Å². The van der Waals surface area contributed by atoms with Gasteiger partial charge >= 0.3 is 0 Å². The van der Waals surface area contributed by atoms with E-state index in [2.05, 4.69) is 45.5 Å². The first-order valence-corrected chi connectivity index (χ1v) is 9.91. The summed E-state index contributed by atoms with van der Waals surface area (Å²) >= 11 is 6.45. The number of amides is 1. The molecule has 3 aromatic rings. The van der Waals surface area contributed by atoms with E-state index < -0.39 is 0 Å². The molecule has 0 saturated carbocycles. The molecule has 2 atom stereocenters. The minimum absolute atomic E-state index is 0.0691. The summed E-state index contributed by atoms with van der Waals surface area (Å²) in [4.78, 5) is 14.6. The third-order valence-corrected chi connectivity index (χ3v) is 5.54. The fourth-order valence-electron chi connectivity index (χ4n) is 3.34. The molecular formula is C22H27ClN4O. The highest BCUT2D eigenvalue weighted by Crippen LogP contribution is 2.24. The van der Waals surface area contributed by atoms with Gasteiger partial charge in [0.05, 0.1) is 11.7 Å². The van der Waals surface area contributed by atoms with Gasteiger partial charge in [0.15, 0.2) is 0 Å². The Kier molecular flexibility index (Phi) is 6.70. The highest BCUT2D eigenvalue weighted by atomic mass is 35.5. The van der Waals surface area contributed by atoms with E-state index in [-0.39, 0.29) is 17.9 Å². The Morgan fingerprint density at radius 3 is 2.71 bits per heavy atom. The van der Waals surface area contributed by atoms with Gasteiger partial charge in [-0.1, -0.05) is 48.9 Å².